The zero-order chi connectivity index (χ0) is 21.5. The number of halogens is 1. The first-order valence-electron chi connectivity index (χ1n) is 9.87. The number of rotatable bonds is 7. The van der Waals surface area contributed by atoms with Crippen LogP contribution in [0.25, 0.3) is 0 Å². The van der Waals surface area contributed by atoms with Crippen LogP contribution in [-0.2, 0) is 9.53 Å². The summed E-state index contributed by atoms with van der Waals surface area (Å²) >= 11 is 0. The number of carbonyl (C=O) groups is 3. The van der Waals surface area contributed by atoms with E-state index in [-0.39, 0.29) is 18.9 Å². The van der Waals surface area contributed by atoms with Gasteiger partial charge in [0.25, 0.3) is 0 Å². The van der Waals surface area contributed by atoms with Gasteiger partial charge in [-0.1, -0.05) is 19.4 Å². The fourth-order valence-electron chi connectivity index (χ4n) is 3.13. The lowest BCUT2D eigenvalue weighted by molar-refractivity contribution is -0.117. The summed E-state index contributed by atoms with van der Waals surface area (Å²) in [5.74, 6) is -1.01. The van der Waals surface area contributed by atoms with Gasteiger partial charge < -0.3 is 20.3 Å². The molecule has 1 fully saturated rings. The number of unbranched alkanes of at least 4 members (excludes halogenated alkanes) is 1. The first kappa shape index (κ1) is 21.3. The van der Waals surface area contributed by atoms with Crippen molar-refractivity contribution in [3.63, 3.8) is 0 Å². The molecule has 2 aromatic carbocycles. The molecule has 0 unspecified atom stereocenters. The molecule has 1 saturated heterocycles. The van der Waals surface area contributed by atoms with Gasteiger partial charge in [0.2, 0.25) is 5.91 Å². The highest BCUT2D eigenvalue weighted by Crippen LogP contribution is 2.22. The number of hydrogen-bond donors (Lipinski definition) is 2. The predicted octanol–water partition coefficient (Wildman–Crippen LogP) is 3.71. The Morgan fingerprint density at radius 2 is 1.97 bits per heavy atom. The molecule has 158 valence electrons. The average molecular weight is 413 g/mol. The lowest BCUT2D eigenvalue weighted by atomic mass is 10.2. The van der Waals surface area contributed by atoms with Crippen LogP contribution in [-0.4, -0.2) is 37.1 Å². The van der Waals surface area contributed by atoms with Gasteiger partial charge in [0.1, 0.15) is 5.82 Å². The van der Waals surface area contributed by atoms with Crippen LogP contribution in [0, 0.1) is 5.82 Å². The van der Waals surface area contributed by atoms with E-state index in [0.29, 0.717) is 23.5 Å². The minimum Gasteiger partial charge on any atom is -0.462 e. The van der Waals surface area contributed by atoms with Crippen LogP contribution in [0.5, 0.6) is 0 Å². The van der Waals surface area contributed by atoms with Crippen molar-refractivity contribution in [2.24, 2.45) is 0 Å². The van der Waals surface area contributed by atoms with E-state index in [1.54, 1.807) is 30.3 Å². The van der Waals surface area contributed by atoms with E-state index in [9.17, 15) is 18.8 Å². The van der Waals surface area contributed by atoms with Crippen molar-refractivity contribution in [3.8, 4) is 0 Å². The molecule has 3 rings (SSSR count). The van der Waals surface area contributed by atoms with Gasteiger partial charge in [-0.05, 0) is 48.9 Å². The molecule has 30 heavy (non-hydrogen) atoms. The van der Waals surface area contributed by atoms with Gasteiger partial charge in [0.15, 0.2) is 0 Å². The van der Waals surface area contributed by atoms with E-state index in [0.717, 1.165) is 12.8 Å². The number of carbonyl (C=O) groups excluding carboxylic acids is 3. The van der Waals surface area contributed by atoms with Crippen LogP contribution >= 0.6 is 0 Å². The van der Waals surface area contributed by atoms with Crippen LogP contribution in [0.1, 0.15) is 36.5 Å². The minimum absolute atomic E-state index is 0.131. The molecule has 8 heteroatoms. The number of nitrogens with one attached hydrogen (secondary N) is 2. The largest absolute Gasteiger partial charge is 0.462 e. The third-order valence-corrected chi connectivity index (χ3v) is 4.69. The number of nitrogens with zero attached hydrogens (tertiary/aromatic N) is 1. The Kier molecular flexibility index (Phi) is 7.00. The molecule has 0 bridgehead atoms. The van der Waals surface area contributed by atoms with Crippen molar-refractivity contribution < 1.29 is 23.5 Å². The Labute approximate surface area is 174 Å². The molecule has 1 aliphatic rings. The van der Waals surface area contributed by atoms with Gasteiger partial charge in [0, 0.05) is 24.3 Å². The predicted molar refractivity (Wildman–Crippen MR) is 111 cm³/mol. The van der Waals surface area contributed by atoms with E-state index in [1.807, 2.05) is 6.92 Å². The molecule has 0 aliphatic carbocycles. The highest BCUT2D eigenvalue weighted by atomic mass is 19.1. The first-order chi connectivity index (χ1) is 14.5. The van der Waals surface area contributed by atoms with Crippen LogP contribution in [0.2, 0.25) is 0 Å². The quantitative estimate of drug-likeness (QED) is 0.535. The fraction of sp³-hybridized carbons (Fsp3) is 0.318. The number of ether oxygens (including phenoxy) is 1. The van der Waals surface area contributed by atoms with Gasteiger partial charge >= 0.3 is 12.0 Å². The summed E-state index contributed by atoms with van der Waals surface area (Å²) in [5.41, 5.74) is 1.37. The molecular weight excluding hydrogens is 389 g/mol. The molecule has 0 spiro atoms. The molecule has 3 amide bonds. The molecule has 1 heterocycles. The SMILES string of the molecule is CCCCOC(=O)c1ccc(NC(=O)N[C@H]2CC(=O)N(c3cccc(F)c3)C2)cc1. The normalized spacial score (nSPS) is 15.7. The van der Waals surface area contributed by atoms with E-state index >= 15 is 0 Å². The second-order valence-electron chi connectivity index (χ2n) is 7.05. The molecular formula is C22H24FN3O4. The Hall–Kier alpha value is -3.42. The van der Waals surface area contributed by atoms with Crippen molar-refractivity contribution in [1.29, 1.82) is 0 Å². The molecule has 0 aromatic heterocycles. The van der Waals surface area contributed by atoms with Gasteiger partial charge in [0.05, 0.1) is 18.2 Å². The van der Waals surface area contributed by atoms with Crippen LogP contribution < -0.4 is 15.5 Å². The second kappa shape index (κ2) is 9.87. The number of benzene rings is 2. The summed E-state index contributed by atoms with van der Waals surface area (Å²) in [6, 6.07) is 11.3. The number of urea groups is 1. The summed E-state index contributed by atoms with van der Waals surface area (Å²) < 4.78 is 18.5. The maximum atomic E-state index is 13.4. The van der Waals surface area contributed by atoms with Gasteiger partial charge in [-0.2, -0.15) is 0 Å². The van der Waals surface area contributed by atoms with E-state index in [2.05, 4.69) is 10.6 Å². The van der Waals surface area contributed by atoms with Crippen molar-refractivity contribution in [2.45, 2.75) is 32.2 Å². The van der Waals surface area contributed by atoms with Crippen molar-refractivity contribution >= 4 is 29.3 Å². The highest BCUT2D eigenvalue weighted by Gasteiger charge is 2.31. The van der Waals surface area contributed by atoms with Crippen LogP contribution in [0.3, 0.4) is 0 Å². The Morgan fingerprint density at radius 1 is 1.20 bits per heavy atom. The fourth-order valence-corrected chi connectivity index (χ4v) is 3.13. The number of amides is 3. The molecule has 2 aromatic rings. The molecule has 1 aliphatic heterocycles. The summed E-state index contributed by atoms with van der Waals surface area (Å²) in [4.78, 5) is 37.8. The minimum atomic E-state index is -0.466. The summed E-state index contributed by atoms with van der Waals surface area (Å²) in [6.07, 6.45) is 1.89. The lowest BCUT2D eigenvalue weighted by Gasteiger charge is -2.17. The van der Waals surface area contributed by atoms with Crippen molar-refractivity contribution in [3.05, 3.63) is 59.9 Å². The summed E-state index contributed by atoms with van der Waals surface area (Å²) in [7, 11) is 0. The van der Waals surface area contributed by atoms with E-state index in [4.69, 9.17) is 4.74 Å². The molecule has 2 N–H and O–H groups in total. The smallest absolute Gasteiger partial charge is 0.338 e. The third-order valence-electron chi connectivity index (χ3n) is 4.69. The Morgan fingerprint density at radius 3 is 2.67 bits per heavy atom. The second-order valence-corrected chi connectivity index (χ2v) is 7.05. The third kappa shape index (κ3) is 5.56. The Bertz CT molecular complexity index is 917. The zero-order valence-corrected chi connectivity index (χ0v) is 16.7. The van der Waals surface area contributed by atoms with Crippen molar-refractivity contribution in [2.75, 3.05) is 23.4 Å². The molecule has 1 atom stereocenters. The van der Waals surface area contributed by atoms with Gasteiger partial charge in [-0.25, -0.2) is 14.0 Å². The summed E-state index contributed by atoms with van der Waals surface area (Å²) in [6.45, 7) is 2.66. The number of hydrogen-bond acceptors (Lipinski definition) is 4. The maximum Gasteiger partial charge on any atom is 0.338 e. The Balaban J connectivity index is 1.51. The van der Waals surface area contributed by atoms with E-state index < -0.39 is 23.9 Å². The first-order valence-corrected chi connectivity index (χ1v) is 9.87. The van der Waals surface area contributed by atoms with Gasteiger partial charge in [-0.15, -0.1) is 0 Å². The topological polar surface area (TPSA) is 87.7 Å². The molecule has 0 radical (unpaired) electrons. The van der Waals surface area contributed by atoms with Gasteiger partial charge in [-0.3, -0.25) is 4.79 Å². The molecule has 0 saturated carbocycles. The standard InChI is InChI=1S/C22H24FN3O4/c1-2-3-11-30-21(28)15-7-9-17(10-8-15)24-22(29)25-18-13-20(27)26(14-18)19-6-4-5-16(23)12-19/h4-10,12,18H,2-3,11,13-14H2,1H3,(H2,24,25,29)/t18-/m0/s1. The number of esters is 1. The van der Waals surface area contributed by atoms with Crippen LogP contribution in [0.15, 0.2) is 48.5 Å². The van der Waals surface area contributed by atoms with E-state index in [1.165, 1.54) is 23.1 Å². The number of anilines is 2. The highest BCUT2D eigenvalue weighted by molar-refractivity contribution is 5.98. The monoisotopic (exact) mass is 413 g/mol. The van der Waals surface area contributed by atoms with Crippen molar-refractivity contribution in [1.82, 2.24) is 5.32 Å². The molecule has 7 nitrogen and oxygen atoms in total. The zero-order valence-electron chi connectivity index (χ0n) is 16.7. The lowest BCUT2D eigenvalue weighted by Crippen LogP contribution is -2.39. The maximum absolute atomic E-state index is 13.4. The van der Waals surface area contributed by atoms with Crippen LogP contribution in [0.4, 0.5) is 20.6 Å². The average Bonchev–Trinajstić information content (AvgIpc) is 3.08. The summed E-state index contributed by atoms with van der Waals surface area (Å²) in [5, 5.41) is 5.42.